The van der Waals surface area contributed by atoms with Gasteiger partial charge in [0.15, 0.2) is 5.90 Å². The van der Waals surface area contributed by atoms with Crippen LogP contribution in [-0.2, 0) is 14.8 Å². The molecule has 0 N–H and O–H groups in total. The molecule has 22 heavy (non-hydrogen) atoms. The van der Waals surface area contributed by atoms with E-state index >= 15 is 0 Å². The summed E-state index contributed by atoms with van der Waals surface area (Å²) in [6.45, 7) is 1.60. The molecule has 1 heterocycles. The maximum atomic E-state index is 11.6. The lowest BCUT2D eigenvalue weighted by molar-refractivity contribution is 0.139. The highest BCUT2D eigenvalue weighted by Crippen LogP contribution is 2.30. The van der Waals surface area contributed by atoms with Crippen molar-refractivity contribution in [3.8, 4) is 0 Å². The molecule has 0 bridgehead atoms. The van der Waals surface area contributed by atoms with Crippen molar-refractivity contribution >= 4 is 15.9 Å². The molecule has 0 radical (unpaired) electrons. The largest absolute Gasteiger partial charge is 0.476 e. The second-order valence-corrected chi connectivity index (χ2v) is 8.68. The minimum atomic E-state index is -3.27. The molecule has 3 aliphatic rings. The first kappa shape index (κ1) is 17.7. The van der Waals surface area contributed by atoms with Gasteiger partial charge in [0.05, 0.1) is 0 Å². The van der Waals surface area contributed by atoms with Crippen LogP contribution in [-0.4, -0.2) is 50.7 Å². The second kappa shape index (κ2) is 7.77. The number of hydrogen-bond acceptors (Lipinski definition) is 4. The Hall–Kier alpha value is -0.620. The molecule has 0 spiro atoms. The SMILES string of the molecule is CC1=NS(=O)(=O)C2CCCCC2O1.CN(C)C1CCCCC1. The van der Waals surface area contributed by atoms with Crippen LogP contribution in [0.2, 0.25) is 0 Å². The van der Waals surface area contributed by atoms with E-state index in [2.05, 4.69) is 23.4 Å². The lowest BCUT2D eigenvalue weighted by Gasteiger charge is -2.32. The number of ether oxygens (including phenoxy) is 1. The molecule has 2 atom stereocenters. The summed E-state index contributed by atoms with van der Waals surface area (Å²) in [6, 6.07) is 0.888. The molecule has 3 rings (SSSR count). The standard InChI is InChI=1S/C8H13NO3S.C8H17N/c1-6-9-13(10,11)8-5-3-2-4-7(8)12-6;1-9(2)8-6-4-3-5-7-8/h7-8H,2-5H2,1H3;8H,3-7H2,1-2H3. The van der Waals surface area contributed by atoms with Crippen LogP contribution in [0.4, 0.5) is 0 Å². The number of fused-ring (bicyclic) bond motifs is 1. The van der Waals surface area contributed by atoms with Crippen LogP contribution >= 0.6 is 0 Å². The molecular weight excluding hydrogens is 300 g/mol. The lowest BCUT2D eigenvalue weighted by Crippen LogP contribution is -2.42. The van der Waals surface area contributed by atoms with Crippen LogP contribution in [0.15, 0.2) is 4.40 Å². The molecule has 128 valence electrons. The fourth-order valence-corrected chi connectivity index (χ4v) is 5.20. The van der Waals surface area contributed by atoms with E-state index in [0.29, 0.717) is 12.3 Å². The van der Waals surface area contributed by atoms with E-state index in [4.69, 9.17) is 4.74 Å². The zero-order chi connectivity index (χ0) is 16.2. The van der Waals surface area contributed by atoms with Gasteiger partial charge in [-0.15, -0.1) is 4.40 Å². The molecule has 2 aliphatic carbocycles. The van der Waals surface area contributed by atoms with Crippen molar-refractivity contribution in [2.24, 2.45) is 4.40 Å². The van der Waals surface area contributed by atoms with Crippen molar-refractivity contribution < 1.29 is 13.2 Å². The van der Waals surface area contributed by atoms with Crippen molar-refractivity contribution in [2.45, 2.75) is 82.1 Å². The topological polar surface area (TPSA) is 59.0 Å². The molecule has 2 unspecified atom stereocenters. The predicted octanol–water partition coefficient (Wildman–Crippen LogP) is 2.96. The molecule has 0 aromatic rings. The Kier molecular flexibility index (Phi) is 6.26. The van der Waals surface area contributed by atoms with Gasteiger partial charge in [-0.3, -0.25) is 0 Å². The predicted molar refractivity (Wildman–Crippen MR) is 89.7 cm³/mol. The normalized spacial score (nSPS) is 31.4. The number of nitrogens with zero attached hydrogens (tertiary/aromatic N) is 2. The Morgan fingerprint density at radius 1 is 1.00 bits per heavy atom. The second-order valence-electron chi connectivity index (χ2n) is 6.86. The fraction of sp³-hybridized carbons (Fsp3) is 0.938. The van der Waals surface area contributed by atoms with Gasteiger partial charge in [0.25, 0.3) is 10.0 Å². The highest BCUT2D eigenvalue weighted by atomic mass is 32.2. The molecule has 0 amide bonds. The fourth-order valence-electron chi connectivity index (χ4n) is 3.62. The van der Waals surface area contributed by atoms with Crippen molar-refractivity contribution in [1.29, 1.82) is 0 Å². The summed E-state index contributed by atoms with van der Waals surface area (Å²) in [4.78, 5) is 2.36. The summed E-state index contributed by atoms with van der Waals surface area (Å²) in [7, 11) is 1.11. The first-order chi connectivity index (χ1) is 10.4. The maximum Gasteiger partial charge on any atom is 0.262 e. The third kappa shape index (κ3) is 4.69. The van der Waals surface area contributed by atoms with E-state index in [1.807, 2.05) is 0 Å². The summed E-state index contributed by atoms with van der Waals surface area (Å²) >= 11 is 0. The summed E-state index contributed by atoms with van der Waals surface area (Å²) in [5.41, 5.74) is 0. The van der Waals surface area contributed by atoms with E-state index in [1.165, 1.54) is 32.1 Å². The lowest BCUT2D eigenvalue weighted by atomic mass is 9.95. The molecule has 0 aromatic heterocycles. The smallest absolute Gasteiger partial charge is 0.262 e. The Bertz CT molecular complexity index is 482. The van der Waals surface area contributed by atoms with Gasteiger partial charge in [0.1, 0.15) is 11.4 Å². The van der Waals surface area contributed by atoms with Crippen LogP contribution in [0.25, 0.3) is 0 Å². The van der Waals surface area contributed by atoms with E-state index in [-0.39, 0.29) is 11.4 Å². The molecule has 2 fully saturated rings. The van der Waals surface area contributed by atoms with Crippen molar-refractivity contribution in [1.82, 2.24) is 4.90 Å². The van der Waals surface area contributed by atoms with Gasteiger partial charge >= 0.3 is 0 Å². The number of hydrogen-bond donors (Lipinski definition) is 0. The molecule has 6 heteroatoms. The summed E-state index contributed by atoms with van der Waals surface area (Å²) < 4.78 is 32.1. The summed E-state index contributed by atoms with van der Waals surface area (Å²) in [5.74, 6) is 0.295. The molecule has 5 nitrogen and oxygen atoms in total. The van der Waals surface area contributed by atoms with Crippen LogP contribution in [0.5, 0.6) is 0 Å². The van der Waals surface area contributed by atoms with Crippen LogP contribution in [0.1, 0.15) is 64.7 Å². The van der Waals surface area contributed by atoms with Gasteiger partial charge in [-0.05, 0) is 46.2 Å². The van der Waals surface area contributed by atoms with E-state index in [0.717, 1.165) is 25.3 Å². The summed E-state index contributed by atoms with van der Waals surface area (Å²) in [5, 5.41) is -0.384. The van der Waals surface area contributed by atoms with Gasteiger partial charge < -0.3 is 9.64 Å². The third-order valence-corrected chi connectivity index (χ3v) is 6.72. The monoisotopic (exact) mass is 330 g/mol. The van der Waals surface area contributed by atoms with Crippen LogP contribution in [0.3, 0.4) is 0 Å². The van der Waals surface area contributed by atoms with Crippen LogP contribution < -0.4 is 0 Å². The zero-order valence-electron chi connectivity index (χ0n) is 14.1. The highest BCUT2D eigenvalue weighted by molar-refractivity contribution is 7.91. The van der Waals surface area contributed by atoms with Crippen LogP contribution in [0, 0.1) is 0 Å². The van der Waals surface area contributed by atoms with E-state index < -0.39 is 10.0 Å². The maximum absolute atomic E-state index is 11.6. The number of rotatable bonds is 1. The molecule has 1 aliphatic heterocycles. The van der Waals surface area contributed by atoms with Gasteiger partial charge in [0.2, 0.25) is 0 Å². The minimum Gasteiger partial charge on any atom is -0.476 e. The van der Waals surface area contributed by atoms with Crippen molar-refractivity contribution in [3.05, 3.63) is 0 Å². The molecule has 2 saturated carbocycles. The molecule has 0 aromatic carbocycles. The quantitative estimate of drug-likeness (QED) is 0.741. The van der Waals surface area contributed by atoms with E-state index in [9.17, 15) is 8.42 Å². The zero-order valence-corrected chi connectivity index (χ0v) is 14.9. The first-order valence-electron chi connectivity index (χ1n) is 8.53. The Labute approximate surface area is 135 Å². The third-order valence-electron chi connectivity index (χ3n) is 4.91. The average Bonchev–Trinajstić information content (AvgIpc) is 2.48. The Morgan fingerprint density at radius 3 is 2.18 bits per heavy atom. The van der Waals surface area contributed by atoms with E-state index in [1.54, 1.807) is 6.92 Å². The van der Waals surface area contributed by atoms with Crippen molar-refractivity contribution in [2.75, 3.05) is 14.1 Å². The van der Waals surface area contributed by atoms with Gasteiger partial charge in [0, 0.05) is 13.0 Å². The number of sulfonamides is 1. The van der Waals surface area contributed by atoms with Crippen molar-refractivity contribution in [3.63, 3.8) is 0 Å². The molecule has 0 saturated heterocycles. The van der Waals surface area contributed by atoms with Gasteiger partial charge in [-0.1, -0.05) is 25.7 Å². The Balaban J connectivity index is 0.000000172. The summed E-state index contributed by atoms with van der Waals surface area (Å²) in [6.07, 6.45) is 10.6. The molecular formula is C16H30N2O3S. The first-order valence-corrected chi connectivity index (χ1v) is 10.0. The highest BCUT2D eigenvalue weighted by Gasteiger charge is 2.40. The van der Waals surface area contributed by atoms with Gasteiger partial charge in [-0.25, -0.2) is 8.42 Å². The van der Waals surface area contributed by atoms with Gasteiger partial charge in [-0.2, -0.15) is 0 Å². The minimum absolute atomic E-state index is 0.142. The average molecular weight is 330 g/mol. The Morgan fingerprint density at radius 2 is 1.59 bits per heavy atom.